The lowest BCUT2D eigenvalue weighted by molar-refractivity contribution is 0.568. The van der Waals surface area contributed by atoms with Crippen molar-refractivity contribution in [2.24, 2.45) is 10.6 Å². The third-order valence-corrected chi connectivity index (χ3v) is 5.90. The summed E-state index contributed by atoms with van der Waals surface area (Å²) in [5.74, 6) is 0. The summed E-state index contributed by atoms with van der Waals surface area (Å²) in [4.78, 5) is 4.40. The van der Waals surface area contributed by atoms with Crippen molar-refractivity contribution < 1.29 is 8.42 Å². The highest BCUT2D eigenvalue weighted by molar-refractivity contribution is 7.89. The highest BCUT2D eigenvalue weighted by Crippen LogP contribution is 2.63. The smallest absolute Gasteiger partial charge is 0.238 e. The van der Waals surface area contributed by atoms with Crippen molar-refractivity contribution in [1.29, 1.82) is 0 Å². The van der Waals surface area contributed by atoms with Gasteiger partial charge < -0.3 is 0 Å². The molecule has 0 aliphatic heterocycles. The first kappa shape index (κ1) is 14.6. The van der Waals surface area contributed by atoms with Crippen molar-refractivity contribution in [3.05, 3.63) is 59.9 Å². The van der Waals surface area contributed by atoms with Gasteiger partial charge in [-0.2, -0.15) is 0 Å². The third-order valence-electron chi connectivity index (χ3n) is 4.97. The number of benzene rings is 1. The SMILES string of the molecule is NS(=O)(=O)c1ccc(C2=C(c3cccnc3)CC3(CC3)C2)cc1. The first-order valence-corrected chi connectivity index (χ1v) is 9.27. The van der Waals surface area contributed by atoms with Crippen LogP contribution in [0, 0.1) is 5.41 Å². The monoisotopic (exact) mass is 326 g/mol. The lowest BCUT2D eigenvalue weighted by atomic mass is 9.98. The molecular formula is C18H18N2O2S. The molecule has 4 nitrogen and oxygen atoms in total. The van der Waals surface area contributed by atoms with Gasteiger partial charge >= 0.3 is 0 Å². The second-order valence-electron chi connectivity index (χ2n) is 6.62. The largest absolute Gasteiger partial charge is 0.264 e. The van der Waals surface area contributed by atoms with E-state index >= 15 is 0 Å². The van der Waals surface area contributed by atoms with Gasteiger partial charge in [-0.1, -0.05) is 18.2 Å². The number of allylic oxidation sites excluding steroid dienone is 2. The topological polar surface area (TPSA) is 73.1 Å². The summed E-state index contributed by atoms with van der Waals surface area (Å²) < 4.78 is 22.8. The molecule has 1 heterocycles. The zero-order valence-corrected chi connectivity index (χ0v) is 13.5. The van der Waals surface area contributed by atoms with Gasteiger partial charge in [0.2, 0.25) is 10.0 Å². The van der Waals surface area contributed by atoms with Crippen molar-refractivity contribution in [2.45, 2.75) is 30.6 Å². The zero-order chi connectivity index (χ0) is 16.1. The Morgan fingerprint density at radius 2 is 1.61 bits per heavy atom. The molecule has 0 radical (unpaired) electrons. The number of hydrogen-bond donors (Lipinski definition) is 1. The van der Waals surface area contributed by atoms with Crippen molar-refractivity contribution in [3.63, 3.8) is 0 Å². The summed E-state index contributed by atoms with van der Waals surface area (Å²) in [6, 6.07) is 11.0. The van der Waals surface area contributed by atoms with Gasteiger partial charge in [0.1, 0.15) is 0 Å². The van der Waals surface area contributed by atoms with Crippen LogP contribution in [0.3, 0.4) is 0 Å². The molecule has 0 atom stereocenters. The van der Waals surface area contributed by atoms with Crippen molar-refractivity contribution in [2.75, 3.05) is 0 Å². The van der Waals surface area contributed by atoms with E-state index in [1.165, 1.54) is 29.6 Å². The maximum Gasteiger partial charge on any atom is 0.238 e. The Labute approximate surface area is 136 Å². The number of pyridine rings is 1. The van der Waals surface area contributed by atoms with Crippen molar-refractivity contribution in [1.82, 2.24) is 4.98 Å². The van der Waals surface area contributed by atoms with Gasteiger partial charge in [-0.05, 0) is 71.6 Å². The number of sulfonamides is 1. The molecule has 1 saturated carbocycles. The van der Waals surface area contributed by atoms with Gasteiger partial charge in [0.15, 0.2) is 0 Å². The van der Waals surface area contributed by atoms with E-state index in [0.29, 0.717) is 5.41 Å². The number of rotatable bonds is 3. The highest BCUT2D eigenvalue weighted by atomic mass is 32.2. The highest BCUT2D eigenvalue weighted by Gasteiger charge is 2.48. The van der Waals surface area contributed by atoms with Crippen LogP contribution in [0.1, 0.15) is 36.8 Å². The van der Waals surface area contributed by atoms with Crippen molar-refractivity contribution >= 4 is 21.2 Å². The number of primary sulfonamides is 1. The van der Waals surface area contributed by atoms with Gasteiger partial charge in [-0.3, -0.25) is 4.98 Å². The lowest BCUT2D eigenvalue weighted by Gasteiger charge is -2.08. The van der Waals surface area contributed by atoms with Crippen LogP contribution in [0.2, 0.25) is 0 Å². The fourth-order valence-corrected chi connectivity index (χ4v) is 4.01. The summed E-state index contributed by atoms with van der Waals surface area (Å²) >= 11 is 0. The molecule has 118 valence electrons. The zero-order valence-electron chi connectivity index (χ0n) is 12.7. The summed E-state index contributed by atoms with van der Waals surface area (Å²) in [5, 5.41) is 5.18. The van der Waals surface area contributed by atoms with Gasteiger partial charge in [0.25, 0.3) is 0 Å². The minimum absolute atomic E-state index is 0.156. The van der Waals surface area contributed by atoms with Crippen LogP contribution in [-0.2, 0) is 10.0 Å². The summed E-state index contributed by atoms with van der Waals surface area (Å²) in [7, 11) is -3.65. The van der Waals surface area contributed by atoms with Gasteiger partial charge in [-0.15, -0.1) is 0 Å². The fraction of sp³-hybridized carbons (Fsp3) is 0.278. The molecule has 4 rings (SSSR count). The van der Waals surface area contributed by atoms with Crippen LogP contribution >= 0.6 is 0 Å². The quantitative estimate of drug-likeness (QED) is 0.941. The Bertz CT molecular complexity index is 880. The van der Waals surface area contributed by atoms with Crippen LogP contribution in [0.5, 0.6) is 0 Å². The van der Waals surface area contributed by atoms with E-state index in [1.54, 1.807) is 18.3 Å². The third kappa shape index (κ3) is 2.71. The average Bonchev–Trinajstić information content (AvgIpc) is 3.18. The lowest BCUT2D eigenvalue weighted by Crippen LogP contribution is -2.11. The standard InChI is InChI=1S/C18H18N2O2S/c19-23(21,22)15-5-3-13(4-6-15)16-10-18(7-8-18)11-17(16)14-2-1-9-20-12-14/h1-6,9,12H,7-8,10-11H2,(H2,19,21,22). The van der Waals surface area contributed by atoms with E-state index in [1.807, 2.05) is 24.4 Å². The first-order chi connectivity index (χ1) is 11.0. The molecule has 0 saturated heterocycles. The molecule has 5 heteroatoms. The molecule has 1 aromatic carbocycles. The molecule has 2 aromatic rings. The van der Waals surface area contributed by atoms with Crippen LogP contribution in [0.25, 0.3) is 11.1 Å². The van der Waals surface area contributed by atoms with E-state index in [4.69, 9.17) is 5.14 Å². The van der Waals surface area contributed by atoms with Gasteiger partial charge in [-0.25, -0.2) is 13.6 Å². The maximum atomic E-state index is 11.4. The normalized spacial score (nSPS) is 19.3. The average molecular weight is 326 g/mol. The van der Waals surface area contributed by atoms with Crippen LogP contribution in [-0.4, -0.2) is 13.4 Å². The maximum absolute atomic E-state index is 11.4. The molecule has 0 amide bonds. The Hall–Kier alpha value is -1.98. The second kappa shape index (κ2) is 5.01. The molecule has 2 aliphatic carbocycles. The van der Waals surface area contributed by atoms with E-state index in [0.717, 1.165) is 18.4 Å². The van der Waals surface area contributed by atoms with E-state index in [-0.39, 0.29) is 4.90 Å². The predicted molar refractivity (Wildman–Crippen MR) is 89.8 cm³/mol. The molecule has 23 heavy (non-hydrogen) atoms. The Morgan fingerprint density at radius 1 is 0.957 bits per heavy atom. The summed E-state index contributed by atoms with van der Waals surface area (Å²) in [6.45, 7) is 0. The van der Waals surface area contributed by atoms with Crippen LogP contribution in [0.15, 0.2) is 53.7 Å². The van der Waals surface area contributed by atoms with Crippen molar-refractivity contribution in [3.8, 4) is 0 Å². The Kier molecular flexibility index (Phi) is 3.18. The van der Waals surface area contributed by atoms with E-state index in [9.17, 15) is 8.42 Å². The fourth-order valence-electron chi connectivity index (χ4n) is 3.50. The minimum atomic E-state index is -3.65. The molecule has 1 aromatic heterocycles. The number of hydrogen-bond acceptors (Lipinski definition) is 3. The molecule has 2 N–H and O–H groups in total. The summed E-state index contributed by atoms with van der Waals surface area (Å²) in [6.07, 6.45) is 8.39. The second-order valence-corrected chi connectivity index (χ2v) is 8.18. The molecule has 0 unspecified atom stereocenters. The summed E-state index contributed by atoms with van der Waals surface area (Å²) in [5.41, 5.74) is 5.34. The number of nitrogens with zero attached hydrogens (tertiary/aromatic N) is 1. The molecule has 1 spiro atoms. The van der Waals surface area contributed by atoms with E-state index in [2.05, 4.69) is 11.1 Å². The minimum Gasteiger partial charge on any atom is -0.264 e. The van der Waals surface area contributed by atoms with Crippen LogP contribution < -0.4 is 5.14 Å². The number of aromatic nitrogens is 1. The Balaban J connectivity index is 1.78. The molecule has 1 fully saturated rings. The molecule has 2 aliphatic rings. The number of nitrogens with two attached hydrogens (primary N) is 1. The van der Waals surface area contributed by atoms with Crippen LogP contribution in [0.4, 0.5) is 0 Å². The van der Waals surface area contributed by atoms with Gasteiger partial charge in [0, 0.05) is 12.4 Å². The Morgan fingerprint density at radius 3 is 2.13 bits per heavy atom. The molecule has 0 bridgehead atoms. The molecular weight excluding hydrogens is 308 g/mol. The predicted octanol–water partition coefficient (Wildman–Crippen LogP) is 3.21. The van der Waals surface area contributed by atoms with E-state index < -0.39 is 10.0 Å². The first-order valence-electron chi connectivity index (χ1n) is 7.73. The van der Waals surface area contributed by atoms with Gasteiger partial charge in [0.05, 0.1) is 4.90 Å².